The monoisotopic (exact) mass is 281 g/mol. The van der Waals surface area contributed by atoms with Gasteiger partial charge in [0, 0.05) is 0 Å². The maximum Gasteiger partial charge on any atom is 0.279 e. The van der Waals surface area contributed by atoms with Crippen LogP contribution in [-0.4, -0.2) is 16.0 Å². The van der Waals surface area contributed by atoms with Crippen molar-refractivity contribution in [1.82, 2.24) is 10.4 Å². The van der Waals surface area contributed by atoms with Gasteiger partial charge in [-0.15, -0.1) is 11.3 Å². The third-order valence-electron chi connectivity index (χ3n) is 2.14. The lowest BCUT2D eigenvalue weighted by atomic mass is 10.4. The molecule has 3 N–H and O–H groups in total. The Morgan fingerprint density at radius 1 is 1.50 bits per heavy atom. The van der Waals surface area contributed by atoms with E-state index in [9.17, 15) is 4.79 Å². The molecule has 0 spiro atoms. The molecule has 0 saturated heterocycles. The van der Waals surface area contributed by atoms with Gasteiger partial charge in [-0.05, 0) is 35.8 Å². The summed E-state index contributed by atoms with van der Waals surface area (Å²) >= 11 is 6.24. The molecule has 0 aliphatic heterocycles. The van der Waals surface area contributed by atoms with Crippen LogP contribution < -0.4 is 11.2 Å². The highest BCUT2D eigenvalue weighted by molar-refractivity contribution is 7.80. The first-order valence-electron chi connectivity index (χ1n) is 5.10. The number of rotatable bonds is 3. The molecular weight excluding hydrogens is 270 g/mol. The lowest BCUT2D eigenvalue weighted by Crippen LogP contribution is -2.47. The van der Waals surface area contributed by atoms with Gasteiger partial charge in [0.15, 0.2) is 5.11 Å². The van der Waals surface area contributed by atoms with Crippen molar-refractivity contribution in [2.75, 3.05) is 0 Å². The predicted molar refractivity (Wildman–Crippen MR) is 72.8 cm³/mol. The molecule has 1 amide bonds. The van der Waals surface area contributed by atoms with Crippen LogP contribution in [0.1, 0.15) is 15.4 Å². The van der Waals surface area contributed by atoms with Crippen LogP contribution in [-0.2, 0) is 6.54 Å². The van der Waals surface area contributed by atoms with Crippen molar-refractivity contribution in [1.29, 1.82) is 0 Å². The third-order valence-corrected chi connectivity index (χ3v) is 3.23. The van der Waals surface area contributed by atoms with Crippen LogP contribution in [0.25, 0.3) is 0 Å². The van der Waals surface area contributed by atoms with E-state index >= 15 is 0 Å². The van der Waals surface area contributed by atoms with E-state index in [4.69, 9.17) is 22.4 Å². The average Bonchev–Trinajstić information content (AvgIpc) is 3.00. The Morgan fingerprint density at radius 2 is 2.33 bits per heavy atom. The molecule has 0 bridgehead atoms. The van der Waals surface area contributed by atoms with E-state index < -0.39 is 0 Å². The van der Waals surface area contributed by atoms with Crippen molar-refractivity contribution in [3.63, 3.8) is 0 Å². The molecule has 0 atom stereocenters. The second-order valence-corrected chi connectivity index (χ2v) is 4.79. The Morgan fingerprint density at radius 3 is 2.89 bits per heavy atom. The zero-order valence-electron chi connectivity index (χ0n) is 9.33. The first kappa shape index (κ1) is 12.6. The molecule has 0 unspecified atom stereocenters. The van der Waals surface area contributed by atoms with Gasteiger partial charge in [-0.1, -0.05) is 6.07 Å². The molecule has 2 aromatic rings. The summed E-state index contributed by atoms with van der Waals surface area (Å²) in [6, 6.07) is 7.07. The van der Waals surface area contributed by atoms with E-state index in [-0.39, 0.29) is 11.0 Å². The van der Waals surface area contributed by atoms with Gasteiger partial charge < -0.3 is 10.2 Å². The van der Waals surface area contributed by atoms with Crippen LogP contribution in [0.15, 0.2) is 40.3 Å². The fourth-order valence-corrected chi connectivity index (χ4v) is 2.04. The van der Waals surface area contributed by atoms with Gasteiger partial charge in [0.05, 0.1) is 17.7 Å². The standard InChI is InChI=1S/C11H11N3O2S2/c12-11(17)14(7-8-3-1-5-16-8)13-10(15)9-4-2-6-18-9/h1-6H,7H2,(H2,12,17)(H,13,15). The summed E-state index contributed by atoms with van der Waals surface area (Å²) in [5, 5.41) is 3.28. The van der Waals surface area contributed by atoms with Gasteiger partial charge in [0.2, 0.25) is 0 Å². The average molecular weight is 281 g/mol. The van der Waals surface area contributed by atoms with Crippen LogP contribution in [0.2, 0.25) is 0 Å². The van der Waals surface area contributed by atoms with Gasteiger partial charge in [0.25, 0.3) is 5.91 Å². The Balaban J connectivity index is 2.03. The molecule has 0 radical (unpaired) electrons. The summed E-state index contributed by atoms with van der Waals surface area (Å²) in [7, 11) is 0. The number of thiophene rings is 1. The lowest BCUT2D eigenvalue weighted by molar-refractivity contribution is 0.0865. The Labute approximate surface area is 113 Å². The molecule has 18 heavy (non-hydrogen) atoms. The molecular formula is C11H11N3O2S2. The van der Waals surface area contributed by atoms with Crippen LogP contribution in [0, 0.1) is 0 Å². The number of hydrazine groups is 1. The van der Waals surface area contributed by atoms with E-state index in [0.717, 1.165) is 0 Å². The lowest BCUT2D eigenvalue weighted by Gasteiger charge is -2.21. The minimum absolute atomic E-state index is 0.0799. The summed E-state index contributed by atoms with van der Waals surface area (Å²) in [5.74, 6) is 0.415. The Kier molecular flexibility index (Phi) is 3.96. The van der Waals surface area contributed by atoms with Crippen LogP contribution in [0.5, 0.6) is 0 Å². The summed E-state index contributed by atoms with van der Waals surface area (Å²) in [6.07, 6.45) is 1.55. The normalized spacial score (nSPS) is 10.0. The molecule has 7 heteroatoms. The van der Waals surface area contributed by atoms with E-state index in [1.165, 1.54) is 16.3 Å². The molecule has 2 rings (SSSR count). The number of furan rings is 1. The summed E-state index contributed by atoms with van der Waals surface area (Å²) in [6.45, 7) is 0.291. The molecule has 0 fully saturated rings. The zero-order valence-corrected chi connectivity index (χ0v) is 11.0. The first-order valence-corrected chi connectivity index (χ1v) is 6.39. The number of carbonyl (C=O) groups is 1. The quantitative estimate of drug-likeness (QED) is 0.662. The van der Waals surface area contributed by atoms with Crippen LogP contribution in [0.3, 0.4) is 0 Å². The zero-order chi connectivity index (χ0) is 13.0. The number of hydrogen-bond donors (Lipinski definition) is 2. The summed E-state index contributed by atoms with van der Waals surface area (Å²) in [5.41, 5.74) is 8.20. The highest BCUT2D eigenvalue weighted by Crippen LogP contribution is 2.09. The van der Waals surface area contributed by atoms with Gasteiger partial charge in [-0.25, -0.2) is 0 Å². The van der Waals surface area contributed by atoms with Gasteiger partial charge in [-0.2, -0.15) is 0 Å². The topological polar surface area (TPSA) is 71.5 Å². The number of amides is 1. The first-order chi connectivity index (χ1) is 8.66. The Hall–Kier alpha value is -1.86. The minimum atomic E-state index is -0.246. The molecule has 0 aliphatic carbocycles. The number of nitrogens with zero attached hydrogens (tertiary/aromatic N) is 1. The van der Waals surface area contributed by atoms with Crippen LogP contribution in [0.4, 0.5) is 0 Å². The number of hydrogen-bond acceptors (Lipinski definition) is 4. The van der Waals surface area contributed by atoms with E-state index in [0.29, 0.717) is 17.2 Å². The van der Waals surface area contributed by atoms with E-state index in [1.807, 2.05) is 5.38 Å². The number of thiocarbonyl (C=S) groups is 1. The largest absolute Gasteiger partial charge is 0.467 e. The van der Waals surface area contributed by atoms with Crippen molar-refractivity contribution in [3.05, 3.63) is 46.5 Å². The smallest absolute Gasteiger partial charge is 0.279 e. The highest BCUT2D eigenvalue weighted by atomic mass is 32.1. The number of nitrogens with one attached hydrogen (secondary N) is 1. The molecule has 2 heterocycles. The molecule has 0 aliphatic rings. The van der Waals surface area contributed by atoms with E-state index in [2.05, 4.69) is 5.43 Å². The summed E-state index contributed by atoms with van der Waals surface area (Å²) in [4.78, 5) is 12.5. The molecule has 94 valence electrons. The molecule has 0 saturated carbocycles. The fraction of sp³-hybridized carbons (Fsp3) is 0.0909. The van der Waals surface area contributed by atoms with Crippen LogP contribution >= 0.6 is 23.6 Å². The molecule has 0 aromatic carbocycles. The van der Waals surface area contributed by atoms with Gasteiger partial charge in [0.1, 0.15) is 5.76 Å². The Bertz CT molecular complexity index is 522. The number of carbonyl (C=O) groups excluding carboxylic acids is 1. The second kappa shape index (κ2) is 5.65. The molecule has 5 nitrogen and oxygen atoms in total. The highest BCUT2D eigenvalue weighted by Gasteiger charge is 2.14. The summed E-state index contributed by atoms with van der Waals surface area (Å²) < 4.78 is 5.18. The van der Waals surface area contributed by atoms with E-state index in [1.54, 1.807) is 30.5 Å². The van der Waals surface area contributed by atoms with Crippen molar-refractivity contribution in [2.45, 2.75) is 6.54 Å². The third kappa shape index (κ3) is 3.08. The predicted octanol–water partition coefficient (Wildman–Crippen LogP) is 1.73. The number of nitrogens with two attached hydrogens (primary N) is 1. The van der Waals surface area contributed by atoms with Crippen molar-refractivity contribution in [3.8, 4) is 0 Å². The fourth-order valence-electron chi connectivity index (χ4n) is 1.32. The van der Waals surface area contributed by atoms with Gasteiger partial charge in [-0.3, -0.25) is 15.2 Å². The SMILES string of the molecule is NC(=S)N(Cc1ccco1)NC(=O)c1cccs1. The minimum Gasteiger partial charge on any atom is -0.467 e. The maximum absolute atomic E-state index is 11.9. The van der Waals surface area contributed by atoms with Crippen molar-refractivity contribution >= 4 is 34.6 Å². The second-order valence-electron chi connectivity index (χ2n) is 3.42. The van der Waals surface area contributed by atoms with Crippen molar-refractivity contribution in [2.24, 2.45) is 5.73 Å². The van der Waals surface area contributed by atoms with Gasteiger partial charge >= 0.3 is 0 Å². The maximum atomic E-state index is 11.9. The van der Waals surface area contributed by atoms with Crippen molar-refractivity contribution < 1.29 is 9.21 Å². The molecule has 2 aromatic heterocycles.